The minimum Gasteiger partial charge on any atom is -0.388 e. The van der Waals surface area contributed by atoms with E-state index in [1.807, 2.05) is 30.0 Å². The fourth-order valence-corrected chi connectivity index (χ4v) is 2.19. The topological polar surface area (TPSA) is 46.0 Å². The third kappa shape index (κ3) is 3.05. The average molecular weight is 246 g/mol. The van der Waals surface area contributed by atoms with Crippen molar-refractivity contribution in [1.82, 2.24) is 9.97 Å². The molecule has 0 unspecified atom stereocenters. The smallest absolute Gasteiger partial charge is 0.154 e. The molecule has 88 valence electrons. The molecule has 0 aliphatic carbocycles. The summed E-state index contributed by atoms with van der Waals surface area (Å²) in [4.78, 5) is 9.49. The third-order valence-corrected chi connectivity index (χ3v) is 3.20. The second kappa shape index (κ2) is 5.80. The lowest BCUT2D eigenvalue weighted by Crippen LogP contribution is -1.95. The first-order chi connectivity index (χ1) is 8.33. The molecule has 1 aromatic heterocycles. The molecule has 0 saturated heterocycles. The number of nitrogens with zero attached hydrogens (tertiary/aromatic N) is 2. The molecule has 0 saturated carbocycles. The highest BCUT2D eigenvalue weighted by Gasteiger charge is 2.01. The molecule has 0 fully saturated rings. The van der Waals surface area contributed by atoms with Gasteiger partial charge in [0.15, 0.2) is 5.82 Å². The van der Waals surface area contributed by atoms with E-state index in [4.69, 9.17) is 5.11 Å². The monoisotopic (exact) mass is 246 g/mol. The zero-order valence-electron chi connectivity index (χ0n) is 9.63. The van der Waals surface area contributed by atoms with Crippen LogP contribution in [0, 0.1) is 0 Å². The van der Waals surface area contributed by atoms with Crippen LogP contribution in [0.2, 0.25) is 0 Å². The highest BCUT2D eigenvalue weighted by molar-refractivity contribution is 7.99. The first kappa shape index (κ1) is 12.1. The zero-order valence-corrected chi connectivity index (χ0v) is 10.4. The van der Waals surface area contributed by atoms with Crippen molar-refractivity contribution in [3.63, 3.8) is 0 Å². The maximum absolute atomic E-state index is 8.99. The summed E-state index contributed by atoms with van der Waals surface area (Å²) >= 11 is 1.81. The van der Waals surface area contributed by atoms with E-state index in [1.165, 1.54) is 4.90 Å². The lowest BCUT2D eigenvalue weighted by Gasteiger charge is -2.03. The van der Waals surface area contributed by atoms with E-state index < -0.39 is 0 Å². The lowest BCUT2D eigenvalue weighted by atomic mass is 10.1. The molecule has 17 heavy (non-hydrogen) atoms. The minimum atomic E-state index is -0.127. The van der Waals surface area contributed by atoms with Gasteiger partial charge >= 0.3 is 0 Å². The van der Waals surface area contributed by atoms with Crippen molar-refractivity contribution in [2.75, 3.05) is 5.75 Å². The highest BCUT2D eigenvalue weighted by atomic mass is 32.2. The average Bonchev–Trinajstić information content (AvgIpc) is 2.40. The van der Waals surface area contributed by atoms with Crippen LogP contribution in [0.4, 0.5) is 0 Å². The van der Waals surface area contributed by atoms with Crippen molar-refractivity contribution in [3.8, 4) is 11.3 Å². The quantitative estimate of drug-likeness (QED) is 0.843. The molecule has 2 aromatic rings. The Morgan fingerprint density at radius 3 is 2.59 bits per heavy atom. The number of hydrogen-bond acceptors (Lipinski definition) is 4. The second-order valence-electron chi connectivity index (χ2n) is 3.47. The van der Waals surface area contributed by atoms with Crippen LogP contribution in [0.15, 0.2) is 41.4 Å². The molecule has 0 amide bonds. The molecule has 0 atom stereocenters. The summed E-state index contributed by atoms with van der Waals surface area (Å²) in [6.07, 6.45) is 1.67. The van der Waals surface area contributed by atoms with E-state index in [-0.39, 0.29) is 6.61 Å². The van der Waals surface area contributed by atoms with Crippen LogP contribution in [0.5, 0.6) is 0 Å². The van der Waals surface area contributed by atoms with Gasteiger partial charge in [-0.3, -0.25) is 0 Å². The van der Waals surface area contributed by atoms with Crippen LogP contribution in [-0.2, 0) is 6.61 Å². The van der Waals surface area contributed by atoms with Gasteiger partial charge in [-0.2, -0.15) is 0 Å². The molecular formula is C13H14N2OS. The Morgan fingerprint density at radius 1 is 1.18 bits per heavy atom. The molecule has 2 rings (SSSR count). The Bertz CT molecular complexity index is 485. The van der Waals surface area contributed by atoms with Gasteiger partial charge in [-0.15, -0.1) is 11.8 Å². The van der Waals surface area contributed by atoms with Gasteiger partial charge in [-0.25, -0.2) is 9.97 Å². The molecule has 0 spiro atoms. The molecule has 4 heteroatoms. The molecule has 3 nitrogen and oxygen atoms in total. The predicted molar refractivity (Wildman–Crippen MR) is 69.8 cm³/mol. The van der Waals surface area contributed by atoms with Gasteiger partial charge in [-0.05, 0) is 24.0 Å². The van der Waals surface area contributed by atoms with Gasteiger partial charge in [-0.1, -0.05) is 19.1 Å². The number of rotatable bonds is 4. The Kier molecular flexibility index (Phi) is 4.12. The minimum absolute atomic E-state index is 0.127. The summed E-state index contributed by atoms with van der Waals surface area (Å²) < 4.78 is 0. The van der Waals surface area contributed by atoms with Crippen LogP contribution in [0.1, 0.15) is 12.7 Å². The molecule has 1 aromatic carbocycles. The Morgan fingerprint density at radius 2 is 1.94 bits per heavy atom. The van der Waals surface area contributed by atoms with Crippen LogP contribution in [-0.4, -0.2) is 20.8 Å². The van der Waals surface area contributed by atoms with Crippen LogP contribution in [0.3, 0.4) is 0 Å². The Labute approximate surface area is 105 Å². The van der Waals surface area contributed by atoms with Gasteiger partial charge in [0.05, 0.1) is 5.69 Å². The van der Waals surface area contributed by atoms with Crippen molar-refractivity contribution < 1.29 is 5.11 Å². The van der Waals surface area contributed by atoms with Gasteiger partial charge in [0.2, 0.25) is 0 Å². The van der Waals surface area contributed by atoms with E-state index in [0.717, 1.165) is 17.0 Å². The Balaban J connectivity index is 2.26. The third-order valence-electron chi connectivity index (χ3n) is 2.31. The molecule has 1 heterocycles. The summed E-state index contributed by atoms with van der Waals surface area (Å²) in [5.74, 6) is 1.52. The van der Waals surface area contributed by atoms with Crippen molar-refractivity contribution in [3.05, 3.63) is 42.4 Å². The molecule has 0 aliphatic heterocycles. The fourth-order valence-electron chi connectivity index (χ4n) is 1.52. The number of thioether (sulfide) groups is 1. The molecule has 0 aliphatic rings. The van der Waals surface area contributed by atoms with Gasteiger partial charge in [0.1, 0.15) is 6.61 Å². The van der Waals surface area contributed by atoms with Crippen molar-refractivity contribution >= 4 is 11.8 Å². The summed E-state index contributed by atoms with van der Waals surface area (Å²) in [5.41, 5.74) is 1.89. The SMILES string of the molecule is CCSc1ccc(-c2ccnc(CO)n2)cc1. The largest absolute Gasteiger partial charge is 0.388 e. The van der Waals surface area contributed by atoms with E-state index in [1.54, 1.807) is 6.20 Å². The number of aliphatic hydroxyl groups is 1. The maximum Gasteiger partial charge on any atom is 0.154 e. The molecule has 1 N–H and O–H groups in total. The summed E-state index contributed by atoms with van der Waals surface area (Å²) in [5, 5.41) is 8.99. The van der Waals surface area contributed by atoms with E-state index in [2.05, 4.69) is 29.0 Å². The number of benzene rings is 1. The first-order valence-corrected chi connectivity index (χ1v) is 6.48. The summed E-state index contributed by atoms with van der Waals surface area (Å²) in [6, 6.07) is 10.1. The summed E-state index contributed by atoms with van der Waals surface area (Å²) in [6.45, 7) is 2.01. The standard InChI is InChI=1S/C13H14N2OS/c1-2-17-11-5-3-10(4-6-11)12-7-8-14-13(9-16)15-12/h3-8,16H,2,9H2,1H3. The van der Waals surface area contributed by atoms with E-state index in [0.29, 0.717) is 5.82 Å². The highest BCUT2D eigenvalue weighted by Crippen LogP contribution is 2.22. The normalized spacial score (nSPS) is 10.5. The molecule has 0 bridgehead atoms. The number of aliphatic hydroxyl groups excluding tert-OH is 1. The summed E-state index contributed by atoms with van der Waals surface area (Å²) in [7, 11) is 0. The predicted octanol–water partition coefficient (Wildman–Crippen LogP) is 2.75. The number of hydrogen-bond donors (Lipinski definition) is 1. The van der Waals surface area contributed by atoms with Gasteiger partial charge in [0, 0.05) is 16.7 Å². The Hall–Kier alpha value is -1.39. The first-order valence-electron chi connectivity index (χ1n) is 5.49. The van der Waals surface area contributed by atoms with E-state index >= 15 is 0 Å². The molecule has 0 radical (unpaired) electrons. The van der Waals surface area contributed by atoms with E-state index in [9.17, 15) is 0 Å². The number of aromatic nitrogens is 2. The van der Waals surface area contributed by atoms with Gasteiger partial charge < -0.3 is 5.11 Å². The van der Waals surface area contributed by atoms with Crippen LogP contribution < -0.4 is 0 Å². The van der Waals surface area contributed by atoms with Crippen LogP contribution in [0.25, 0.3) is 11.3 Å². The zero-order chi connectivity index (χ0) is 12.1. The molecular weight excluding hydrogens is 232 g/mol. The van der Waals surface area contributed by atoms with Crippen molar-refractivity contribution in [2.45, 2.75) is 18.4 Å². The van der Waals surface area contributed by atoms with Crippen molar-refractivity contribution in [1.29, 1.82) is 0 Å². The van der Waals surface area contributed by atoms with Crippen molar-refractivity contribution in [2.24, 2.45) is 0 Å². The maximum atomic E-state index is 8.99. The second-order valence-corrected chi connectivity index (χ2v) is 4.81. The lowest BCUT2D eigenvalue weighted by molar-refractivity contribution is 0.271. The van der Waals surface area contributed by atoms with Gasteiger partial charge in [0.25, 0.3) is 0 Å². The van der Waals surface area contributed by atoms with Crippen LogP contribution >= 0.6 is 11.8 Å². The fraction of sp³-hybridized carbons (Fsp3) is 0.231.